The molecule has 2 heterocycles. The first kappa shape index (κ1) is 19.9. The number of halogens is 1. The van der Waals surface area contributed by atoms with Crippen LogP contribution in [0, 0.1) is 5.92 Å². The van der Waals surface area contributed by atoms with Crippen molar-refractivity contribution in [3.05, 3.63) is 34.3 Å². The molecule has 27 heavy (non-hydrogen) atoms. The molecule has 0 bridgehead atoms. The van der Waals surface area contributed by atoms with Crippen molar-refractivity contribution in [3.8, 4) is 0 Å². The Morgan fingerprint density at radius 3 is 2.41 bits per heavy atom. The van der Waals surface area contributed by atoms with Crippen LogP contribution in [0.2, 0.25) is 0 Å². The molecule has 3 amide bonds. The van der Waals surface area contributed by atoms with Crippen molar-refractivity contribution >= 4 is 33.7 Å². The molecule has 2 aliphatic rings. The van der Waals surface area contributed by atoms with Gasteiger partial charge in [-0.15, -0.1) is 0 Å². The molecule has 0 saturated carbocycles. The number of benzene rings is 1. The molecule has 1 atom stereocenters. The molecular weight excluding hydrogens is 410 g/mol. The van der Waals surface area contributed by atoms with Crippen molar-refractivity contribution in [2.75, 3.05) is 32.7 Å². The number of hydrogen-bond acceptors (Lipinski definition) is 3. The summed E-state index contributed by atoms with van der Waals surface area (Å²) in [5, 5.41) is 0. The molecule has 1 unspecified atom stereocenters. The van der Waals surface area contributed by atoms with Gasteiger partial charge in [-0.1, -0.05) is 12.1 Å². The molecule has 2 fully saturated rings. The SMILES string of the molecule is CC(C)N1CC(C(=O)N2CCCN(C(=O)c3ccccc3Br)CC2)CC1=O. The van der Waals surface area contributed by atoms with E-state index in [9.17, 15) is 14.4 Å². The molecule has 0 aliphatic carbocycles. The zero-order valence-corrected chi connectivity index (χ0v) is 17.4. The third-order valence-electron chi connectivity index (χ3n) is 5.33. The molecule has 0 aromatic heterocycles. The Morgan fingerprint density at radius 1 is 1.07 bits per heavy atom. The van der Waals surface area contributed by atoms with E-state index in [0.717, 1.165) is 10.9 Å². The van der Waals surface area contributed by atoms with Crippen LogP contribution in [0.4, 0.5) is 0 Å². The predicted molar refractivity (Wildman–Crippen MR) is 106 cm³/mol. The summed E-state index contributed by atoms with van der Waals surface area (Å²) in [5.74, 6) is -0.171. The van der Waals surface area contributed by atoms with Gasteiger partial charge in [0.1, 0.15) is 0 Å². The zero-order valence-electron chi connectivity index (χ0n) is 15.9. The van der Waals surface area contributed by atoms with Gasteiger partial charge in [-0.2, -0.15) is 0 Å². The van der Waals surface area contributed by atoms with E-state index in [0.29, 0.717) is 44.7 Å². The molecule has 0 N–H and O–H groups in total. The summed E-state index contributed by atoms with van der Waals surface area (Å²) in [6, 6.07) is 7.52. The molecule has 7 heteroatoms. The molecule has 1 aromatic rings. The smallest absolute Gasteiger partial charge is 0.255 e. The Hall–Kier alpha value is -1.89. The van der Waals surface area contributed by atoms with E-state index < -0.39 is 0 Å². The lowest BCUT2D eigenvalue weighted by molar-refractivity contribution is -0.135. The van der Waals surface area contributed by atoms with E-state index >= 15 is 0 Å². The van der Waals surface area contributed by atoms with Crippen molar-refractivity contribution in [3.63, 3.8) is 0 Å². The number of likely N-dealkylation sites (tertiary alicyclic amines) is 1. The largest absolute Gasteiger partial charge is 0.341 e. The third kappa shape index (κ3) is 4.34. The number of nitrogens with zero attached hydrogens (tertiary/aromatic N) is 3. The molecule has 2 aliphatic heterocycles. The number of carbonyl (C=O) groups is 3. The van der Waals surface area contributed by atoms with Gasteiger partial charge in [-0.25, -0.2) is 0 Å². The highest BCUT2D eigenvalue weighted by Gasteiger charge is 2.38. The average molecular weight is 436 g/mol. The lowest BCUT2D eigenvalue weighted by Gasteiger charge is -2.25. The lowest BCUT2D eigenvalue weighted by atomic mass is 10.1. The summed E-state index contributed by atoms with van der Waals surface area (Å²) in [5.41, 5.74) is 0.645. The van der Waals surface area contributed by atoms with E-state index in [1.807, 2.05) is 47.9 Å². The Labute approximate surface area is 168 Å². The number of rotatable bonds is 3. The highest BCUT2D eigenvalue weighted by Crippen LogP contribution is 2.23. The summed E-state index contributed by atoms with van der Waals surface area (Å²) in [7, 11) is 0. The summed E-state index contributed by atoms with van der Waals surface area (Å²) >= 11 is 3.44. The summed E-state index contributed by atoms with van der Waals surface area (Å²) in [6.45, 7) is 6.74. The Morgan fingerprint density at radius 2 is 1.74 bits per heavy atom. The van der Waals surface area contributed by atoms with Gasteiger partial charge in [-0.3, -0.25) is 14.4 Å². The fourth-order valence-corrected chi connectivity index (χ4v) is 4.25. The van der Waals surface area contributed by atoms with Gasteiger partial charge in [0.2, 0.25) is 11.8 Å². The summed E-state index contributed by atoms with van der Waals surface area (Å²) in [4.78, 5) is 43.2. The maximum absolute atomic E-state index is 12.9. The van der Waals surface area contributed by atoms with Crippen molar-refractivity contribution in [1.82, 2.24) is 14.7 Å². The third-order valence-corrected chi connectivity index (χ3v) is 6.02. The van der Waals surface area contributed by atoms with Crippen LogP contribution in [0.15, 0.2) is 28.7 Å². The van der Waals surface area contributed by atoms with Crippen LogP contribution in [0.3, 0.4) is 0 Å². The summed E-state index contributed by atoms with van der Waals surface area (Å²) in [6.07, 6.45) is 1.05. The molecule has 0 spiro atoms. The van der Waals surface area contributed by atoms with E-state index in [1.54, 1.807) is 4.90 Å². The second-order valence-corrected chi connectivity index (χ2v) is 8.35. The van der Waals surface area contributed by atoms with E-state index in [-0.39, 0.29) is 29.7 Å². The topological polar surface area (TPSA) is 60.9 Å². The first-order valence-corrected chi connectivity index (χ1v) is 10.3. The highest BCUT2D eigenvalue weighted by molar-refractivity contribution is 9.10. The van der Waals surface area contributed by atoms with Gasteiger partial charge in [0.15, 0.2) is 0 Å². The predicted octanol–water partition coefficient (Wildman–Crippen LogP) is 2.38. The van der Waals surface area contributed by atoms with Gasteiger partial charge in [0, 0.05) is 49.7 Å². The van der Waals surface area contributed by atoms with Crippen molar-refractivity contribution in [2.45, 2.75) is 32.7 Å². The van der Waals surface area contributed by atoms with E-state index in [2.05, 4.69) is 15.9 Å². The van der Waals surface area contributed by atoms with E-state index in [4.69, 9.17) is 0 Å². The van der Waals surface area contributed by atoms with Crippen molar-refractivity contribution < 1.29 is 14.4 Å². The molecule has 0 radical (unpaired) electrons. The maximum atomic E-state index is 12.9. The van der Waals surface area contributed by atoms with Crippen LogP contribution in [0.25, 0.3) is 0 Å². The van der Waals surface area contributed by atoms with Gasteiger partial charge in [-0.05, 0) is 48.3 Å². The van der Waals surface area contributed by atoms with Crippen LogP contribution >= 0.6 is 15.9 Å². The number of carbonyl (C=O) groups excluding carboxylic acids is 3. The molecule has 146 valence electrons. The first-order valence-electron chi connectivity index (χ1n) is 9.50. The second kappa shape index (κ2) is 8.42. The van der Waals surface area contributed by atoms with Crippen LogP contribution in [-0.4, -0.2) is 71.2 Å². The van der Waals surface area contributed by atoms with Gasteiger partial charge >= 0.3 is 0 Å². The zero-order chi connectivity index (χ0) is 19.6. The van der Waals surface area contributed by atoms with E-state index in [1.165, 1.54) is 0 Å². The number of amides is 3. The van der Waals surface area contributed by atoms with Gasteiger partial charge in [0.05, 0.1) is 11.5 Å². The minimum Gasteiger partial charge on any atom is -0.341 e. The highest BCUT2D eigenvalue weighted by atomic mass is 79.9. The summed E-state index contributed by atoms with van der Waals surface area (Å²) < 4.78 is 0.783. The normalized spacial score (nSPS) is 21.0. The van der Waals surface area contributed by atoms with Crippen LogP contribution in [-0.2, 0) is 9.59 Å². The molecule has 1 aromatic carbocycles. The monoisotopic (exact) mass is 435 g/mol. The molecule has 2 saturated heterocycles. The Bertz CT molecular complexity index is 737. The Balaban J connectivity index is 1.62. The minimum absolute atomic E-state index is 0.0150. The van der Waals surface area contributed by atoms with Crippen LogP contribution < -0.4 is 0 Å². The van der Waals surface area contributed by atoms with Crippen LogP contribution in [0.5, 0.6) is 0 Å². The number of hydrogen-bond donors (Lipinski definition) is 0. The fraction of sp³-hybridized carbons (Fsp3) is 0.550. The van der Waals surface area contributed by atoms with Crippen molar-refractivity contribution in [1.29, 1.82) is 0 Å². The molecular formula is C20H26BrN3O3. The van der Waals surface area contributed by atoms with Crippen LogP contribution in [0.1, 0.15) is 37.0 Å². The maximum Gasteiger partial charge on any atom is 0.255 e. The van der Waals surface area contributed by atoms with Crippen molar-refractivity contribution in [2.24, 2.45) is 5.92 Å². The fourth-order valence-electron chi connectivity index (χ4n) is 3.80. The average Bonchev–Trinajstić information content (AvgIpc) is 2.88. The molecule has 6 nitrogen and oxygen atoms in total. The van der Waals surface area contributed by atoms with Gasteiger partial charge in [0.25, 0.3) is 5.91 Å². The minimum atomic E-state index is -0.259. The first-order chi connectivity index (χ1) is 12.9. The Kier molecular flexibility index (Phi) is 6.19. The van der Waals surface area contributed by atoms with Gasteiger partial charge < -0.3 is 14.7 Å². The quantitative estimate of drug-likeness (QED) is 0.731. The second-order valence-electron chi connectivity index (χ2n) is 7.49. The molecule has 3 rings (SSSR count). The standard InChI is InChI=1S/C20H26BrN3O3/c1-14(2)24-13-15(12-18(24)25)19(26)22-8-5-9-23(11-10-22)20(27)16-6-3-4-7-17(16)21/h3-4,6-7,14-15H,5,8-13H2,1-2H3. The lowest BCUT2D eigenvalue weighted by Crippen LogP contribution is -2.41.